The Morgan fingerprint density at radius 1 is 0.313 bits per heavy atom. The van der Waals surface area contributed by atoms with Gasteiger partial charge in [-0.3, -0.25) is 14.4 Å². The molecule has 0 aromatic heterocycles. The van der Waals surface area contributed by atoms with Crippen molar-refractivity contribution in [2.24, 2.45) is 0 Å². The zero-order chi connectivity index (χ0) is 48.6. The second-order valence-electron chi connectivity index (χ2n) is 17.8. The van der Waals surface area contributed by atoms with Crippen LogP contribution in [0.5, 0.6) is 0 Å². The Morgan fingerprint density at radius 3 is 1.00 bits per heavy atom. The highest BCUT2D eigenvalue weighted by molar-refractivity contribution is 5.71. The van der Waals surface area contributed by atoms with Crippen LogP contribution in [0.15, 0.2) is 109 Å². The lowest BCUT2D eigenvalue weighted by Crippen LogP contribution is -2.30. The number of allylic oxidation sites excluding steroid dienone is 18. The summed E-state index contributed by atoms with van der Waals surface area (Å²) >= 11 is 0. The average Bonchev–Trinajstić information content (AvgIpc) is 3.33. The highest BCUT2D eigenvalue weighted by Crippen LogP contribution is 2.14. The van der Waals surface area contributed by atoms with Gasteiger partial charge in [-0.25, -0.2) is 0 Å². The first-order chi connectivity index (χ1) is 33.0. The molecule has 0 aromatic rings. The molecule has 0 aliphatic rings. The Morgan fingerprint density at radius 2 is 0.597 bits per heavy atom. The minimum absolute atomic E-state index is 0.112. The van der Waals surface area contributed by atoms with Crippen molar-refractivity contribution in [1.29, 1.82) is 0 Å². The largest absolute Gasteiger partial charge is 0.462 e. The quantitative estimate of drug-likeness (QED) is 0.0262. The van der Waals surface area contributed by atoms with Crippen molar-refractivity contribution in [3.8, 4) is 0 Å². The maximum absolute atomic E-state index is 12.8. The van der Waals surface area contributed by atoms with Crippen molar-refractivity contribution in [3.63, 3.8) is 0 Å². The van der Waals surface area contributed by atoms with Crippen LogP contribution in [0.3, 0.4) is 0 Å². The monoisotopic (exact) mass is 929 g/mol. The Bertz CT molecular complexity index is 1390. The van der Waals surface area contributed by atoms with Crippen LogP contribution in [-0.2, 0) is 28.6 Å². The lowest BCUT2D eigenvalue weighted by molar-refractivity contribution is -0.167. The SMILES string of the molecule is CC/C=C\C/C=C\C/C=C\C/C=C\C/C=C\CCCCCC(=O)OC[C@H](COC(=O)CCC/C=C\C/C=C\C/C=C\C/C=C\CCCCC)OC(=O)CCCCCCCCCCCCCCC. The highest BCUT2D eigenvalue weighted by Gasteiger charge is 2.19. The molecule has 0 fully saturated rings. The molecule has 0 bridgehead atoms. The molecule has 6 nitrogen and oxygen atoms in total. The molecule has 1 atom stereocenters. The zero-order valence-corrected chi connectivity index (χ0v) is 43.4. The molecule has 0 heterocycles. The Kier molecular flexibility index (Phi) is 51.5. The average molecular weight is 929 g/mol. The van der Waals surface area contributed by atoms with E-state index >= 15 is 0 Å². The number of rotatable bonds is 48. The number of esters is 3. The topological polar surface area (TPSA) is 78.9 Å². The summed E-state index contributed by atoms with van der Waals surface area (Å²) in [6.45, 7) is 6.42. The standard InChI is InChI=1S/C61H100O6/c1-4-7-10-13-16-19-22-25-27-29-30-32-34-37-39-42-45-48-51-54-60(63)66-57-58(67-61(64)55-52-49-46-43-40-35-24-21-18-15-12-9-6-3)56-65-59(62)53-50-47-44-41-38-36-33-31-28-26-23-20-17-14-11-8-5-2/h7,10,16-17,19-20,25-28,30,32-33,36-37,39,41,44,58H,4-6,8-9,11-15,18,21-24,29,31,34-35,38,40,42-43,45-57H2,1-3H3/b10-7-,19-16-,20-17-,27-25-,28-26-,32-30-,36-33-,39-37-,44-41-/t58-/m0/s1. The van der Waals surface area contributed by atoms with E-state index in [4.69, 9.17) is 14.2 Å². The smallest absolute Gasteiger partial charge is 0.306 e. The van der Waals surface area contributed by atoms with E-state index in [0.717, 1.165) is 103 Å². The van der Waals surface area contributed by atoms with Gasteiger partial charge >= 0.3 is 17.9 Å². The van der Waals surface area contributed by atoms with Crippen LogP contribution in [0, 0.1) is 0 Å². The molecule has 0 unspecified atom stereocenters. The third kappa shape index (κ3) is 52.9. The Labute approximate surface area is 412 Å². The number of carbonyl (C=O) groups is 3. The molecule has 6 heteroatoms. The summed E-state index contributed by atoms with van der Waals surface area (Å²) in [6.07, 6.45) is 73.6. The summed E-state index contributed by atoms with van der Waals surface area (Å²) < 4.78 is 16.8. The maximum atomic E-state index is 12.8. The predicted octanol–water partition coefficient (Wildman–Crippen LogP) is 18.3. The molecular weight excluding hydrogens is 829 g/mol. The second-order valence-corrected chi connectivity index (χ2v) is 17.8. The fourth-order valence-corrected chi connectivity index (χ4v) is 7.17. The van der Waals surface area contributed by atoms with Crippen molar-refractivity contribution in [3.05, 3.63) is 109 Å². The van der Waals surface area contributed by atoms with Crippen molar-refractivity contribution < 1.29 is 28.6 Å². The number of hydrogen-bond acceptors (Lipinski definition) is 6. The lowest BCUT2D eigenvalue weighted by Gasteiger charge is -2.18. The van der Waals surface area contributed by atoms with Gasteiger partial charge in [0.15, 0.2) is 6.10 Å². The second kappa shape index (κ2) is 54.7. The lowest BCUT2D eigenvalue weighted by atomic mass is 10.0. The van der Waals surface area contributed by atoms with Crippen molar-refractivity contribution >= 4 is 17.9 Å². The summed E-state index contributed by atoms with van der Waals surface area (Å²) in [5.41, 5.74) is 0. The first kappa shape index (κ1) is 63.1. The van der Waals surface area contributed by atoms with E-state index in [-0.39, 0.29) is 37.5 Å². The molecule has 0 N–H and O–H groups in total. The van der Waals surface area contributed by atoms with Crippen LogP contribution in [0.1, 0.15) is 239 Å². The van der Waals surface area contributed by atoms with E-state index in [1.54, 1.807) is 0 Å². The molecule has 0 aliphatic carbocycles. The van der Waals surface area contributed by atoms with Crippen LogP contribution in [-0.4, -0.2) is 37.2 Å². The molecule has 0 radical (unpaired) electrons. The highest BCUT2D eigenvalue weighted by atomic mass is 16.6. The van der Waals surface area contributed by atoms with Crippen LogP contribution < -0.4 is 0 Å². The molecule has 0 amide bonds. The predicted molar refractivity (Wildman–Crippen MR) is 288 cm³/mol. The fourth-order valence-electron chi connectivity index (χ4n) is 7.17. The van der Waals surface area contributed by atoms with Gasteiger partial charge < -0.3 is 14.2 Å². The minimum atomic E-state index is -0.814. The molecule has 0 aromatic carbocycles. The Balaban J connectivity index is 4.52. The number of carbonyl (C=O) groups excluding carboxylic acids is 3. The van der Waals surface area contributed by atoms with E-state index in [0.29, 0.717) is 19.3 Å². The van der Waals surface area contributed by atoms with Gasteiger partial charge in [0.05, 0.1) is 0 Å². The number of ether oxygens (including phenoxy) is 3. The van der Waals surface area contributed by atoms with E-state index < -0.39 is 6.10 Å². The zero-order valence-electron chi connectivity index (χ0n) is 43.4. The molecule has 0 saturated carbocycles. The molecule has 67 heavy (non-hydrogen) atoms. The van der Waals surface area contributed by atoms with Gasteiger partial charge in [-0.05, 0) is 103 Å². The van der Waals surface area contributed by atoms with Crippen LogP contribution in [0.2, 0.25) is 0 Å². The van der Waals surface area contributed by atoms with E-state index in [9.17, 15) is 14.4 Å². The van der Waals surface area contributed by atoms with Crippen molar-refractivity contribution in [1.82, 2.24) is 0 Å². The van der Waals surface area contributed by atoms with Crippen LogP contribution >= 0.6 is 0 Å². The van der Waals surface area contributed by atoms with Gasteiger partial charge in [0.2, 0.25) is 0 Å². The van der Waals surface area contributed by atoms with E-state index in [1.807, 2.05) is 0 Å². The van der Waals surface area contributed by atoms with Gasteiger partial charge in [0.25, 0.3) is 0 Å². The first-order valence-electron chi connectivity index (χ1n) is 27.4. The van der Waals surface area contributed by atoms with Crippen LogP contribution in [0.25, 0.3) is 0 Å². The molecule has 380 valence electrons. The molecule has 0 aliphatic heterocycles. The first-order valence-corrected chi connectivity index (χ1v) is 27.4. The molecule has 0 saturated heterocycles. The van der Waals surface area contributed by atoms with Gasteiger partial charge in [0.1, 0.15) is 13.2 Å². The van der Waals surface area contributed by atoms with E-state index in [1.165, 1.54) is 89.9 Å². The van der Waals surface area contributed by atoms with Gasteiger partial charge in [-0.2, -0.15) is 0 Å². The molecular formula is C61H100O6. The summed E-state index contributed by atoms with van der Waals surface area (Å²) in [4.78, 5) is 38.1. The summed E-state index contributed by atoms with van der Waals surface area (Å²) in [5, 5.41) is 0. The van der Waals surface area contributed by atoms with Gasteiger partial charge in [-0.1, -0.05) is 226 Å². The van der Waals surface area contributed by atoms with Crippen molar-refractivity contribution in [2.45, 2.75) is 245 Å². The normalized spacial score (nSPS) is 12.9. The number of hydrogen-bond donors (Lipinski definition) is 0. The summed E-state index contributed by atoms with van der Waals surface area (Å²) in [5.74, 6) is -0.999. The van der Waals surface area contributed by atoms with Crippen molar-refractivity contribution in [2.75, 3.05) is 13.2 Å². The summed E-state index contributed by atoms with van der Waals surface area (Å²) in [7, 11) is 0. The third-order valence-electron chi connectivity index (χ3n) is 11.3. The van der Waals surface area contributed by atoms with Crippen LogP contribution in [0.4, 0.5) is 0 Å². The van der Waals surface area contributed by atoms with Gasteiger partial charge in [-0.15, -0.1) is 0 Å². The molecule has 0 spiro atoms. The fraction of sp³-hybridized carbons (Fsp3) is 0.656. The maximum Gasteiger partial charge on any atom is 0.306 e. The minimum Gasteiger partial charge on any atom is -0.462 e. The summed E-state index contributed by atoms with van der Waals surface area (Å²) in [6, 6.07) is 0. The third-order valence-corrected chi connectivity index (χ3v) is 11.3. The molecule has 0 rings (SSSR count). The number of unbranched alkanes of at least 4 members (excludes halogenated alkanes) is 19. The van der Waals surface area contributed by atoms with Gasteiger partial charge in [0, 0.05) is 19.3 Å². The van der Waals surface area contributed by atoms with E-state index in [2.05, 4.69) is 130 Å². The Hall–Kier alpha value is -3.93.